The van der Waals surface area contributed by atoms with E-state index in [1.165, 1.54) is 0 Å². The summed E-state index contributed by atoms with van der Waals surface area (Å²) in [5, 5.41) is 12.5. The molecule has 0 aromatic heterocycles. The van der Waals surface area contributed by atoms with Crippen LogP contribution in [-0.2, 0) is 11.4 Å². The van der Waals surface area contributed by atoms with Crippen LogP contribution in [0.2, 0.25) is 5.02 Å². The van der Waals surface area contributed by atoms with Crippen LogP contribution in [0.5, 0.6) is 0 Å². The van der Waals surface area contributed by atoms with Gasteiger partial charge in [-0.1, -0.05) is 24.6 Å². The summed E-state index contributed by atoms with van der Waals surface area (Å²) in [6.45, 7) is 3.34. The van der Waals surface area contributed by atoms with Crippen LogP contribution >= 0.6 is 11.6 Å². The molecule has 18 heavy (non-hydrogen) atoms. The number of carbonyl (C=O) groups is 1. The predicted molar refractivity (Wildman–Crippen MR) is 71.8 cm³/mol. The number of rotatable bonds is 3. The summed E-state index contributed by atoms with van der Waals surface area (Å²) in [6.07, 6.45) is 0.740. The average molecular weight is 269 g/mol. The Labute approximate surface area is 112 Å². The van der Waals surface area contributed by atoms with E-state index in [4.69, 9.17) is 16.7 Å². The van der Waals surface area contributed by atoms with E-state index >= 15 is 0 Å². The predicted octanol–water partition coefficient (Wildman–Crippen LogP) is 1.55. The fraction of sp³-hybridized carbons (Fsp3) is 0.462. The maximum atomic E-state index is 11.8. The van der Waals surface area contributed by atoms with Crippen molar-refractivity contribution in [3.8, 4) is 0 Å². The molecule has 1 atom stereocenters. The third kappa shape index (κ3) is 2.44. The first kappa shape index (κ1) is 13.2. The summed E-state index contributed by atoms with van der Waals surface area (Å²) in [4.78, 5) is 13.8. The average Bonchev–Trinajstić information content (AvgIpc) is 2.38. The quantitative estimate of drug-likeness (QED) is 0.875. The number of aliphatic hydroxyl groups excluding tert-OH is 1. The molecule has 0 spiro atoms. The summed E-state index contributed by atoms with van der Waals surface area (Å²) in [5.41, 5.74) is 1.63. The highest BCUT2D eigenvalue weighted by Crippen LogP contribution is 2.29. The smallest absolute Gasteiger partial charge is 0.242 e. The molecule has 1 unspecified atom stereocenters. The normalized spacial score (nSPS) is 19.8. The van der Waals surface area contributed by atoms with Crippen molar-refractivity contribution in [1.29, 1.82) is 0 Å². The van der Waals surface area contributed by atoms with Gasteiger partial charge in [0.2, 0.25) is 5.91 Å². The maximum absolute atomic E-state index is 11.8. The molecule has 2 rings (SSSR count). The summed E-state index contributed by atoms with van der Waals surface area (Å²) in [7, 11) is 0. The van der Waals surface area contributed by atoms with Gasteiger partial charge in [0.25, 0.3) is 0 Å². The van der Waals surface area contributed by atoms with Crippen molar-refractivity contribution in [2.24, 2.45) is 0 Å². The van der Waals surface area contributed by atoms with E-state index in [1.54, 1.807) is 6.07 Å². The highest BCUT2D eigenvalue weighted by Gasteiger charge is 2.29. The van der Waals surface area contributed by atoms with Gasteiger partial charge < -0.3 is 15.3 Å². The first-order valence-corrected chi connectivity index (χ1v) is 6.48. The first-order valence-electron chi connectivity index (χ1n) is 6.11. The van der Waals surface area contributed by atoms with Crippen molar-refractivity contribution < 1.29 is 9.90 Å². The Balaban J connectivity index is 2.31. The molecule has 1 heterocycles. The lowest BCUT2D eigenvalue weighted by molar-refractivity contribution is -0.123. The minimum atomic E-state index is -0.170. The van der Waals surface area contributed by atoms with Gasteiger partial charge in [-0.3, -0.25) is 4.79 Å². The standard InChI is InChI=1S/C13H17ClN2O2/c1-2-11-13(18)15-5-6-16(11)12-4-3-9(8-17)7-10(12)14/h3-4,7,11,17H,2,5-6,8H2,1H3,(H,15,18). The monoisotopic (exact) mass is 268 g/mol. The molecule has 4 nitrogen and oxygen atoms in total. The lowest BCUT2D eigenvalue weighted by atomic mass is 10.1. The number of hydrogen-bond acceptors (Lipinski definition) is 3. The molecule has 1 fully saturated rings. The fourth-order valence-corrected chi connectivity index (χ4v) is 2.60. The minimum absolute atomic E-state index is 0.0301. The number of carbonyl (C=O) groups excluding carboxylic acids is 1. The van der Waals surface area contributed by atoms with Gasteiger partial charge in [-0.15, -0.1) is 0 Å². The molecule has 0 aliphatic carbocycles. The van der Waals surface area contributed by atoms with E-state index in [2.05, 4.69) is 5.32 Å². The molecular formula is C13H17ClN2O2. The van der Waals surface area contributed by atoms with Gasteiger partial charge >= 0.3 is 0 Å². The van der Waals surface area contributed by atoms with Crippen molar-refractivity contribution in [2.75, 3.05) is 18.0 Å². The molecular weight excluding hydrogens is 252 g/mol. The Morgan fingerprint density at radius 2 is 2.33 bits per heavy atom. The third-order valence-corrected chi connectivity index (χ3v) is 3.52. The van der Waals surface area contributed by atoms with Gasteiger partial charge in [-0.05, 0) is 24.1 Å². The van der Waals surface area contributed by atoms with Crippen LogP contribution in [0.15, 0.2) is 18.2 Å². The summed E-state index contributed by atoms with van der Waals surface area (Å²) in [5.74, 6) is 0.0473. The van der Waals surface area contributed by atoms with Crippen molar-refractivity contribution in [3.63, 3.8) is 0 Å². The van der Waals surface area contributed by atoms with Gasteiger partial charge in [0.15, 0.2) is 0 Å². The molecule has 1 amide bonds. The third-order valence-electron chi connectivity index (χ3n) is 3.22. The lowest BCUT2D eigenvalue weighted by Gasteiger charge is -2.36. The molecule has 1 aromatic carbocycles. The van der Waals surface area contributed by atoms with Crippen LogP contribution < -0.4 is 10.2 Å². The zero-order valence-electron chi connectivity index (χ0n) is 10.3. The number of halogens is 1. The lowest BCUT2D eigenvalue weighted by Crippen LogP contribution is -2.55. The van der Waals surface area contributed by atoms with Crippen LogP contribution in [0.4, 0.5) is 5.69 Å². The topological polar surface area (TPSA) is 52.6 Å². The fourth-order valence-electron chi connectivity index (χ4n) is 2.29. The molecule has 98 valence electrons. The Morgan fingerprint density at radius 1 is 1.56 bits per heavy atom. The number of nitrogens with one attached hydrogen (secondary N) is 1. The summed E-state index contributed by atoms with van der Waals surface area (Å²) in [6, 6.07) is 5.28. The van der Waals surface area contributed by atoms with E-state index in [9.17, 15) is 4.79 Å². The molecule has 1 aliphatic heterocycles. The van der Waals surface area contributed by atoms with Crippen molar-refractivity contribution in [2.45, 2.75) is 26.0 Å². The number of anilines is 1. The highest BCUT2D eigenvalue weighted by molar-refractivity contribution is 6.33. The molecule has 1 saturated heterocycles. The second-order valence-corrected chi connectivity index (χ2v) is 4.76. The van der Waals surface area contributed by atoms with E-state index < -0.39 is 0 Å². The van der Waals surface area contributed by atoms with Crippen LogP contribution in [-0.4, -0.2) is 30.1 Å². The number of hydrogen-bond donors (Lipinski definition) is 2. The first-order chi connectivity index (χ1) is 8.67. The van der Waals surface area contributed by atoms with Crippen LogP contribution in [0.3, 0.4) is 0 Å². The van der Waals surface area contributed by atoms with E-state index in [-0.39, 0.29) is 18.6 Å². The maximum Gasteiger partial charge on any atom is 0.242 e. The number of aliphatic hydroxyl groups is 1. The largest absolute Gasteiger partial charge is 0.392 e. The van der Waals surface area contributed by atoms with Crippen LogP contribution in [0, 0.1) is 0 Å². The molecule has 5 heteroatoms. The molecule has 1 aliphatic rings. The van der Waals surface area contributed by atoms with Gasteiger partial charge in [0, 0.05) is 13.1 Å². The summed E-state index contributed by atoms with van der Waals surface area (Å²) < 4.78 is 0. The van der Waals surface area contributed by atoms with E-state index in [0.29, 0.717) is 11.6 Å². The number of nitrogens with zero attached hydrogens (tertiary/aromatic N) is 1. The van der Waals surface area contributed by atoms with Gasteiger partial charge in [-0.25, -0.2) is 0 Å². The summed E-state index contributed by atoms with van der Waals surface area (Å²) >= 11 is 6.23. The Kier molecular flexibility index (Phi) is 4.09. The highest BCUT2D eigenvalue weighted by atomic mass is 35.5. The SMILES string of the molecule is CCC1C(=O)NCCN1c1ccc(CO)cc1Cl. The van der Waals surface area contributed by atoms with E-state index in [0.717, 1.165) is 24.2 Å². The molecule has 2 N–H and O–H groups in total. The molecule has 1 aromatic rings. The van der Waals surface area contributed by atoms with Gasteiger partial charge in [-0.2, -0.15) is 0 Å². The number of benzene rings is 1. The second-order valence-electron chi connectivity index (χ2n) is 4.35. The zero-order valence-corrected chi connectivity index (χ0v) is 11.1. The zero-order chi connectivity index (χ0) is 13.1. The Bertz CT molecular complexity index is 451. The van der Waals surface area contributed by atoms with Gasteiger partial charge in [0.1, 0.15) is 6.04 Å². The van der Waals surface area contributed by atoms with Gasteiger partial charge in [0.05, 0.1) is 17.3 Å². The number of piperazine rings is 1. The minimum Gasteiger partial charge on any atom is -0.392 e. The molecule has 0 radical (unpaired) electrons. The van der Waals surface area contributed by atoms with Crippen LogP contribution in [0.1, 0.15) is 18.9 Å². The van der Waals surface area contributed by atoms with Crippen molar-refractivity contribution in [3.05, 3.63) is 28.8 Å². The molecule has 0 saturated carbocycles. The van der Waals surface area contributed by atoms with Crippen molar-refractivity contribution in [1.82, 2.24) is 5.32 Å². The van der Waals surface area contributed by atoms with E-state index in [1.807, 2.05) is 24.0 Å². The van der Waals surface area contributed by atoms with Crippen molar-refractivity contribution >= 4 is 23.2 Å². The van der Waals surface area contributed by atoms with Crippen LogP contribution in [0.25, 0.3) is 0 Å². The number of amides is 1. The Hall–Kier alpha value is -1.26. The second kappa shape index (κ2) is 5.59. The Morgan fingerprint density at radius 3 is 2.94 bits per heavy atom. The molecule has 0 bridgehead atoms.